The summed E-state index contributed by atoms with van der Waals surface area (Å²) in [6.07, 6.45) is 1.27. The van der Waals surface area contributed by atoms with Gasteiger partial charge < -0.3 is 0 Å². The lowest BCUT2D eigenvalue weighted by atomic mass is 10.3. The summed E-state index contributed by atoms with van der Waals surface area (Å²) in [7, 11) is 0. The molecule has 0 saturated carbocycles. The van der Waals surface area contributed by atoms with E-state index in [1.54, 1.807) is 5.51 Å². The van der Waals surface area contributed by atoms with E-state index in [9.17, 15) is 4.79 Å². The second kappa shape index (κ2) is 3.99. The molecule has 0 N–H and O–H groups in total. The van der Waals surface area contributed by atoms with Gasteiger partial charge in [-0.25, -0.2) is 4.98 Å². The number of thiazole rings is 1. The second-order valence-corrected chi connectivity index (χ2v) is 4.06. The van der Waals surface area contributed by atoms with Crippen LogP contribution in [0.2, 0.25) is 0 Å². The molecule has 0 amide bonds. The van der Waals surface area contributed by atoms with Gasteiger partial charge in [0.25, 0.3) is 0 Å². The molecule has 0 spiro atoms. The van der Waals surface area contributed by atoms with Crippen LogP contribution in [0.5, 0.6) is 0 Å². The zero-order valence-corrected chi connectivity index (χ0v) is 8.41. The highest BCUT2D eigenvalue weighted by Crippen LogP contribution is 2.20. The molecule has 0 fully saturated rings. The van der Waals surface area contributed by atoms with Crippen molar-refractivity contribution in [1.82, 2.24) is 4.98 Å². The maximum atomic E-state index is 11.1. The summed E-state index contributed by atoms with van der Waals surface area (Å²) in [6, 6.07) is 0. The van der Waals surface area contributed by atoms with Gasteiger partial charge in [0.15, 0.2) is 0 Å². The summed E-state index contributed by atoms with van der Waals surface area (Å²) in [4.78, 5) is 14.9. The fourth-order valence-electron chi connectivity index (χ4n) is 0.529. The van der Waals surface area contributed by atoms with E-state index in [-0.39, 0.29) is 5.78 Å². The van der Waals surface area contributed by atoms with Crippen LogP contribution in [-0.4, -0.2) is 10.8 Å². The summed E-state index contributed by atoms with van der Waals surface area (Å²) in [5, 5.41) is 0. The van der Waals surface area contributed by atoms with Crippen molar-refractivity contribution >= 4 is 44.7 Å². The minimum atomic E-state index is -0.187. The molecule has 1 aromatic heterocycles. The predicted octanol–water partition coefficient (Wildman–Crippen LogP) is 2.84. The molecular formula is C6H3BrClNOS. The Kier molecular flexibility index (Phi) is 3.23. The lowest BCUT2D eigenvalue weighted by molar-refractivity contribution is 0.104. The maximum Gasteiger partial charge on any atom is 0.207 e. The molecule has 0 aromatic carbocycles. The van der Waals surface area contributed by atoms with Crippen molar-refractivity contribution in [2.24, 2.45) is 0 Å². The molecule has 58 valence electrons. The summed E-state index contributed by atoms with van der Waals surface area (Å²) >= 11 is 9.79. The van der Waals surface area contributed by atoms with E-state index in [1.807, 2.05) is 0 Å². The minimum absolute atomic E-state index is 0.187. The lowest BCUT2D eigenvalue weighted by Gasteiger charge is -1.86. The van der Waals surface area contributed by atoms with Gasteiger partial charge in [-0.3, -0.25) is 4.79 Å². The van der Waals surface area contributed by atoms with Crippen LogP contribution in [0.1, 0.15) is 10.5 Å². The van der Waals surface area contributed by atoms with Gasteiger partial charge in [0, 0.05) is 5.54 Å². The quantitative estimate of drug-likeness (QED) is 0.598. The van der Waals surface area contributed by atoms with Gasteiger partial charge in [-0.2, -0.15) is 0 Å². The average Bonchev–Trinajstić information content (AvgIpc) is 2.36. The van der Waals surface area contributed by atoms with Gasteiger partial charge in [-0.15, -0.1) is 11.3 Å². The number of hydrogen-bond acceptors (Lipinski definition) is 3. The van der Waals surface area contributed by atoms with Crippen molar-refractivity contribution in [2.75, 3.05) is 0 Å². The number of allylic oxidation sites excluding steroid dienone is 1. The molecule has 1 aromatic rings. The fourth-order valence-corrected chi connectivity index (χ4v) is 1.71. The molecule has 2 nitrogen and oxygen atoms in total. The molecular weight excluding hydrogens is 249 g/mol. The van der Waals surface area contributed by atoms with Crippen molar-refractivity contribution in [3.63, 3.8) is 0 Å². The van der Waals surface area contributed by atoms with Crippen LogP contribution in [0.4, 0.5) is 0 Å². The zero-order chi connectivity index (χ0) is 8.27. The van der Waals surface area contributed by atoms with E-state index >= 15 is 0 Å². The summed E-state index contributed by atoms with van der Waals surface area (Å²) < 4.78 is 0.734. The first-order chi connectivity index (χ1) is 5.25. The van der Waals surface area contributed by atoms with Gasteiger partial charge in [0.2, 0.25) is 5.78 Å². The van der Waals surface area contributed by atoms with Crippen molar-refractivity contribution in [3.05, 3.63) is 26.6 Å². The van der Waals surface area contributed by atoms with Crippen molar-refractivity contribution in [1.29, 1.82) is 0 Å². The Morgan fingerprint density at radius 3 is 3.00 bits per heavy atom. The van der Waals surface area contributed by atoms with Crippen LogP contribution in [0.3, 0.4) is 0 Å². The Labute approximate surface area is 81.0 Å². The molecule has 0 aliphatic heterocycles. The first-order valence-corrected chi connectivity index (χ1v) is 4.76. The Hall–Kier alpha value is -0.190. The van der Waals surface area contributed by atoms with E-state index in [1.165, 1.54) is 22.9 Å². The number of carbonyl (C=O) groups is 1. The molecule has 0 radical (unpaired) electrons. The molecule has 11 heavy (non-hydrogen) atoms. The normalized spacial score (nSPS) is 10.7. The second-order valence-electron chi connectivity index (χ2n) is 1.63. The van der Waals surface area contributed by atoms with Crippen molar-refractivity contribution in [2.45, 2.75) is 0 Å². The number of halogens is 2. The molecule has 0 saturated heterocycles. The zero-order valence-electron chi connectivity index (χ0n) is 5.25. The van der Waals surface area contributed by atoms with Gasteiger partial charge in [0.05, 0.1) is 5.51 Å². The minimum Gasteiger partial charge on any atom is -0.287 e. The summed E-state index contributed by atoms with van der Waals surface area (Å²) in [6.45, 7) is 0. The first-order valence-electron chi connectivity index (χ1n) is 2.65. The third-order valence-corrected chi connectivity index (χ3v) is 2.65. The number of carbonyl (C=O) groups excluding carboxylic acids is 1. The average molecular weight is 253 g/mol. The molecule has 5 heteroatoms. The Balaban J connectivity index is 2.93. The smallest absolute Gasteiger partial charge is 0.207 e. The van der Waals surface area contributed by atoms with Gasteiger partial charge in [0.1, 0.15) is 9.48 Å². The summed E-state index contributed by atoms with van der Waals surface area (Å²) in [5.74, 6) is -0.187. The van der Waals surface area contributed by atoms with Crippen molar-refractivity contribution < 1.29 is 4.79 Å². The topological polar surface area (TPSA) is 30.0 Å². The standard InChI is InChI=1S/C6H3BrClNOS/c7-6-5(9-3-11-6)4(10)1-2-8/h1-3H/b2-1+. The number of aromatic nitrogens is 1. The lowest BCUT2D eigenvalue weighted by Crippen LogP contribution is -1.94. The van der Waals surface area contributed by atoms with Crippen LogP contribution < -0.4 is 0 Å². The maximum absolute atomic E-state index is 11.1. The van der Waals surface area contributed by atoms with Crippen LogP contribution in [0.25, 0.3) is 0 Å². The van der Waals surface area contributed by atoms with E-state index < -0.39 is 0 Å². The van der Waals surface area contributed by atoms with Crippen molar-refractivity contribution in [3.8, 4) is 0 Å². The van der Waals surface area contributed by atoms with Gasteiger partial charge in [-0.1, -0.05) is 11.6 Å². The Morgan fingerprint density at radius 1 is 1.82 bits per heavy atom. The molecule has 0 aliphatic carbocycles. The third-order valence-electron chi connectivity index (χ3n) is 0.972. The highest BCUT2D eigenvalue weighted by Gasteiger charge is 2.08. The van der Waals surface area contributed by atoms with E-state index in [0.29, 0.717) is 5.69 Å². The number of hydrogen-bond donors (Lipinski definition) is 0. The molecule has 1 heterocycles. The monoisotopic (exact) mass is 251 g/mol. The largest absolute Gasteiger partial charge is 0.287 e. The van der Waals surface area contributed by atoms with Gasteiger partial charge >= 0.3 is 0 Å². The number of ketones is 1. The molecule has 0 bridgehead atoms. The van der Waals surface area contributed by atoms with Crippen LogP contribution >= 0.6 is 38.9 Å². The van der Waals surface area contributed by atoms with Gasteiger partial charge in [-0.05, 0) is 22.0 Å². The van der Waals surface area contributed by atoms with Crippen LogP contribution in [-0.2, 0) is 0 Å². The van der Waals surface area contributed by atoms with Crippen LogP contribution in [0, 0.1) is 0 Å². The molecule has 0 unspecified atom stereocenters. The Morgan fingerprint density at radius 2 is 2.55 bits per heavy atom. The first kappa shape index (κ1) is 8.90. The molecule has 0 atom stereocenters. The number of rotatable bonds is 2. The van der Waals surface area contributed by atoms with E-state index in [2.05, 4.69) is 20.9 Å². The Bertz CT molecular complexity index is 297. The predicted molar refractivity (Wildman–Crippen MR) is 49.1 cm³/mol. The molecule has 0 aliphatic rings. The highest BCUT2D eigenvalue weighted by atomic mass is 79.9. The fraction of sp³-hybridized carbons (Fsp3) is 0. The SMILES string of the molecule is O=C(/C=C/Cl)c1ncsc1Br. The highest BCUT2D eigenvalue weighted by molar-refractivity contribution is 9.11. The van der Waals surface area contributed by atoms with Crippen LogP contribution in [0.15, 0.2) is 20.9 Å². The number of nitrogens with zero attached hydrogens (tertiary/aromatic N) is 1. The molecule has 1 rings (SSSR count). The third kappa shape index (κ3) is 2.12. The summed E-state index contributed by atoms with van der Waals surface area (Å²) in [5.41, 5.74) is 3.18. The van der Waals surface area contributed by atoms with E-state index in [0.717, 1.165) is 3.79 Å². The van der Waals surface area contributed by atoms with E-state index in [4.69, 9.17) is 11.6 Å².